The largest absolute Gasteiger partial charge is 0.497 e. The fraction of sp³-hybridized carbons (Fsp3) is 0.0588. The zero-order valence-corrected chi connectivity index (χ0v) is 12.9. The van der Waals surface area contributed by atoms with E-state index in [9.17, 15) is 9.59 Å². The lowest BCUT2D eigenvalue weighted by Crippen LogP contribution is -2.21. The number of hydrogen-bond donors (Lipinski definition) is 1. The van der Waals surface area contributed by atoms with E-state index in [4.69, 9.17) is 20.8 Å². The maximum atomic E-state index is 12.5. The highest BCUT2D eigenvalue weighted by Gasteiger charge is 2.15. The van der Waals surface area contributed by atoms with Gasteiger partial charge in [-0.25, -0.2) is 0 Å². The number of nitrogens with one attached hydrogen (secondary N) is 1. The molecule has 23 heavy (non-hydrogen) atoms. The SMILES string of the molecule is COc1ccc2occ(C(=O)Nc3cccc(Cl)c3)c(=O)c2c1. The van der Waals surface area contributed by atoms with Gasteiger partial charge in [-0.15, -0.1) is 0 Å². The molecule has 0 atom stereocenters. The van der Waals surface area contributed by atoms with E-state index < -0.39 is 11.3 Å². The smallest absolute Gasteiger partial charge is 0.262 e. The summed E-state index contributed by atoms with van der Waals surface area (Å²) in [5, 5.41) is 3.38. The van der Waals surface area contributed by atoms with Crippen molar-refractivity contribution in [1.82, 2.24) is 0 Å². The molecule has 5 nitrogen and oxygen atoms in total. The van der Waals surface area contributed by atoms with Crippen LogP contribution in [0.1, 0.15) is 10.4 Å². The van der Waals surface area contributed by atoms with Crippen LogP contribution in [0.2, 0.25) is 5.02 Å². The Labute approximate surface area is 136 Å². The Morgan fingerprint density at radius 3 is 2.78 bits per heavy atom. The first-order chi connectivity index (χ1) is 11.1. The predicted molar refractivity (Wildman–Crippen MR) is 88.4 cm³/mol. The van der Waals surface area contributed by atoms with Crippen molar-refractivity contribution in [2.45, 2.75) is 0 Å². The van der Waals surface area contributed by atoms with Crippen LogP contribution in [0.25, 0.3) is 11.0 Å². The number of methoxy groups -OCH3 is 1. The number of hydrogen-bond acceptors (Lipinski definition) is 4. The third kappa shape index (κ3) is 3.05. The van der Waals surface area contributed by atoms with Crippen LogP contribution in [0.5, 0.6) is 5.75 Å². The molecule has 0 saturated heterocycles. The maximum absolute atomic E-state index is 12.5. The lowest BCUT2D eigenvalue weighted by atomic mass is 10.1. The van der Waals surface area contributed by atoms with Crippen molar-refractivity contribution >= 4 is 34.2 Å². The van der Waals surface area contributed by atoms with Crippen molar-refractivity contribution in [3.8, 4) is 5.75 Å². The van der Waals surface area contributed by atoms with Gasteiger partial charge in [-0.1, -0.05) is 17.7 Å². The van der Waals surface area contributed by atoms with Gasteiger partial charge in [0.2, 0.25) is 5.43 Å². The monoisotopic (exact) mass is 329 g/mol. The Hall–Kier alpha value is -2.79. The lowest BCUT2D eigenvalue weighted by Gasteiger charge is -2.06. The number of anilines is 1. The highest BCUT2D eigenvalue weighted by atomic mass is 35.5. The number of benzene rings is 2. The average molecular weight is 330 g/mol. The summed E-state index contributed by atoms with van der Waals surface area (Å²) in [4.78, 5) is 24.8. The number of amides is 1. The molecule has 0 unspecified atom stereocenters. The van der Waals surface area contributed by atoms with Crippen LogP contribution >= 0.6 is 11.6 Å². The summed E-state index contributed by atoms with van der Waals surface area (Å²) in [5.41, 5.74) is 0.359. The van der Waals surface area contributed by atoms with E-state index in [1.165, 1.54) is 13.2 Å². The van der Waals surface area contributed by atoms with Crippen LogP contribution in [0.15, 0.2) is 57.9 Å². The van der Waals surface area contributed by atoms with Gasteiger partial charge >= 0.3 is 0 Å². The molecule has 0 spiro atoms. The molecule has 1 N–H and O–H groups in total. The van der Waals surface area contributed by atoms with Crippen molar-refractivity contribution in [2.75, 3.05) is 12.4 Å². The fourth-order valence-electron chi connectivity index (χ4n) is 2.16. The molecule has 1 amide bonds. The molecule has 116 valence electrons. The first-order valence-electron chi connectivity index (χ1n) is 6.75. The Kier molecular flexibility index (Phi) is 4.04. The maximum Gasteiger partial charge on any atom is 0.262 e. The van der Waals surface area contributed by atoms with Gasteiger partial charge in [-0.3, -0.25) is 9.59 Å². The molecular formula is C17H12ClNO4. The van der Waals surface area contributed by atoms with Crippen LogP contribution in [-0.4, -0.2) is 13.0 Å². The van der Waals surface area contributed by atoms with Gasteiger partial charge in [-0.05, 0) is 36.4 Å². The number of fused-ring (bicyclic) bond motifs is 1. The zero-order valence-electron chi connectivity index (χ0n) is 12.1. The molecule has 0 aliphatic rings. The van der Waals surface area contributed by atoms with Gasteiger partial charge in [0.15, 0.2) is 0 Å². The van der Waals surface area contributed by atoms with Crippen molar-refractivity contribution in [3.05, 3.63) is 69.5 Å². The topological polar surface area (TPSA) is 68.5 Å². The molecule has 6 heteroatoms. The second kappa shape index (κ2) is 6.14. The standard InChI is InChI=1S/C17H12ClNO4/c1-22-12-5-6-15-13(8-12)16(20)14(9-23-15)17(21)19-11-4-2-3-10(18)7-11/h2-9H,1H3,(H,19,21). The number of carbonyl (C=O) groups is 1. The number of rotatable bonds is 3. The Morgan fingerprint density at radius 1 is 1.22 bits per heavy atom. The summed E-state index contributed by atoms with van der Waals surface area (Å²) in [6.45, 7) is 0. The van der Waals surface area contributed by atoms with E-state index in [2.05, 4.69) is 5.32 Å². The predicted octanol–water partition coefficient (Wildman–Crippen LogP) is 3.71. The van der Waals surface area contributed by atoms with E-state index in [1.807, 2.05) is 0 Å². The minimum absolute atomic E-state index is 0.0919. The van der Waals surface area contributed by atoms with Crippen LogP contribution in [0.3, 0.4) is 0 Å². The summed E-state index contributed by atoms with van der Waals surface area (Å²) >= 11 is 5.87. The zero-order chi connectivity index (χ0) is 16.4. The molecule has 0 bridgehead atoms. The summed E-state index contributed by atoms with van der Waals surface area (Å²) in [6, 6.07) is 11.5. The molecule has 0 aliphatic heterocycles. The van der Waals surface area contributed by atoms with Gasteiger partial charge in [0, 0.05) is 10.7 Å². The Morgan fingerprint density at radius 2 is 2.04 bits per heavy atom. The highest BCUT2D eigenvalue weighted by molar-refractivity contribution is 6.31. The van der Waals surface area contributed by atoms with Crippen LogP contribution in [-0.2, 0) is 0 Å². The molecule has 3 rings (SSSR count). The van der Waals surface area contributed by atoms with Crippen molar-refractivity contribution in [1.29, 1.82) is 0 Å². The summed E-state index contributed by atoms with van der Waals surface area (Å²) in [6.07, 6.45) is 1.15. The fourth-order valence-corrected chi connectivity index (χ4v) is 2.35. The second-order valence-corrected chi connectivity index (χ2v) is 5.24. The molecule has 0 aliphatic carbocycles. The summed E-state index contributed by atoms with van der Waals surface area (Å²) in [5.74, 6) is -0.0528. The van der Waals surface area contributed by atoms with Crippen molar-refractivity contribution in [3.63, 3.8) is 0 Å². The molecule has 0 fully saturated rings. The van der Waals surface area contributed by atoms with Gasteiger partial charge in [-0.2, -0.15) is 0 Å². The van der Waals surface area contributed by atoms with Crippen LogP contribution in [0, 0.1) is 0 Å². The van der Waals surface area contributed by atoms with E-state index in [0.717, 1.165) is 6.26 Å². The van der Waals surface area contributed by atoms with Gasteiger partial charge in [0.05, 0.1) is 12.5 Å². The second-order valence-electron chi connectivity index (χ2n) is 4.81. The Bertz CT molecular complexity index is 949. The normalized spacial score (nSPS) is 10.5. The highest BCUT2D eigenvalue weighted by Crippen LogP contribution is 2.19. The van der Waals surface area contributed by atoms with Crippen molar-refractivity contribution in [2.24, 2.45) is 0 Å². The minimum Gasteiger partial charge on any atom is -0.497 e. The summed E-state index contributed by atoms with van der Waals surface area (Å²) in [7, 11) is 1.50. The molecule has 0 radical (unpaired) electrons. The number of carbonyl (C=O) groups excluding carboxylic acids is 1. The molecule has 0 saturated carbocycles. The van der Waals surface area contributed by atoms with Gasteiger partial charge < -0.3 is 14.5 Å². The van der Waals surface area contributed by atoms with E-state index in [1.54, 1.807) is 36.4 Å². The molecule has 1 heterocycles. The van der Waals surface area contributed by atoms with E-state index in [-0.39, 0.29) is 10.9 Å². The molecule has 3 aromatic rings. The third-order valence-corrected chi connectivity index (χ3v) is 3.54. The number of ether oxygens (including phenoxy) is 1. The average Bonchev–Trinajstić information content (AvgIpc) is 2.55. The molecular weight excluding hydrogens is 318 g/mol. The lowest BCUT2D eigenvalue weighted by molar-refractivity contribution is 0.102. The Balaban J connectivity index is 2.00. The van der Waals surface area contributed by atoms with Crippen molar-refractivity contribution < 1.29 is 13.9 Å². The first kappa shape index (κ1) is 15.1. The van der Waals surface area contributed by atoms with Crippen LogP contribution in [0.4, 0.5) is 5.69 Å². The van der Waals surface area contributed by atoms with Gasteiger partial charge in [0.25, 0.3) is 5.91 Å². The molecule has 1 aromatic heterocycles. The van der Waals surface area contributed by atoms with Crippen LogP contribution < -0.4 is 15.5 Å². The minimum atomic E-state index is -0.564. The van der Waals surface area contributed by atoms with E-state index >= 15 is 0 Å². The first-order valence-corrected chi connectivity index (χ1v) is 7.13. The summed E-state index contributed by atoms with van der Waals surface area (Å²) < 4.78 is 10.5. The van der Waals surface area contributed by atoms with Gasteiger partial charge in [0.1, 0.15) is 23.2 Å². The molecule has 2 aromatic carbocycles. The quantitative estimate of drug-likeness (QED) is 0.795. The third-order valence-electron chi connectivity index (χ3n) is 3.31. The van der Waals surface area contributed by atoms with E-state index in [0.29, 0.717) is 22.0 Å². The number of halogens is 1.